The number of nitrogens with two attached hydrogens (primary N) is 1. The molecule has 7 nitrogen and oxygen atoms in total. The summed E-state index contributed by atoms with van der Waals surface area (Å²) in [4.78, 5) is 9.48. The van der Waals surface area contributed by atoms with Crippen molar-refractivity contribution in [3.05, 3.63) is 34.1 Å². The van der Waals surface area contributed by atoms with Crippen molar-refractivity contribution in [2.24, 2.45) is 5.14 Å². The van der Waals surface area contributed by atoms with Gasteiger partial charge in [0.05, 0.1) is 10.7 Å². The second-order valence-corrected chi connectivity index (χ2v) is 4.95. The van der Waals surface area contributed by atoms with Gasteiger partial charge in [-0.2, -0.15) is 4.39 Å². The van der Waals surface area contributed by atoms with E-state index in [1.165, 1.54) is 6.07 Å². The lowest BCUT2D eigenvalue weighted by Crippen LogP contribution is -2.22. The van der Waals surface area contributed by atoms with Gasteiger partial charge in [0.2, 0.25) is 15.8 Å². The summed E-state index contributed by atoms with van der Waals surface area (Å²) < 4.78 is 34.3. The molecule has 9 heteroatoms. The van der Waals surface area contributed by atoms with Gasteiger partial charge in [0.25, 0.3) is 0 Å². The second-order valence-electron chi connectivity index (χ2n) is 3.22. The third-order valence-electron chi connectivity index (χ3n) is 1.86. The highest BCUT2D eigenvalue weighted by molar-refractivity contribution is 7.89. The molecule has 94 valence electrons. The van der Waals surface area contributed by atoms with Crippen LogP contribution in [0, 0.1) is 15.9 Å². The molecule has 0 aromatic heterocycles. The minimum absolute atomic E-state index is 0.00388. The van der Waals surface area contributed by atoms with Crippen molar-refractivity contribution in [3.63, 3.8) is 0 Å². The molecule has 0 fully saturated rings. The normalized spacial score (nSPS) is 11.2. The maximum absolute atomic E-state index is 13.1. The molecule has 0 spiro atoms. The zero-order valence-electron chi connectivity index (χ0n) is 8.59. The lowest BCUT2D eigenvalue weighted by atomic mass is 10.2. The summed E-state index contributed by atoms with van der Waals surface area (Å²) in [5.41, 5.74) is -0.390. The van der Waals surface area contributed by atoms with Crippen molar-refractivity contribution in [1.29, 1.82) is 0 Å². The van der Waals surface area contributed by atoms with E-state index in [4.69, 9.17) is 5.14 Å². The van der Waals surface area contributed by atoms with Crippen LogP contribution in [0.15, 0.2) is 18.2 Å². The molecule has 0 bridgehead atoms. The van der Waals surface area contributed by atoms with Crippen LogP contribution in [-0.2, 0) is 10.0 Å². The van der Waals surface area contributed by atoms with Gasteiger partial charge in [0.15, 0.2) is 0 Å². The van der Waals surface area contributed by atoms with Crippen LogP contribution in [0.4, 0.5) is 15.8 Å². The first kappa shape index (κ1) is 13.3. The summed E-state index contributed by atoms with van der Waals surface area (Å²) in [6.45, 7) is -0.00388. The quantitative estimate of drug-likeness (QED) is 0.590. The van der Waals surface area contributed by atoms with Gasteiger partial charge in [0, 0.05) is 24.4 Å². The highest BCUT2D eigenvalue weighted by Crippen LogP contribution is 2.20. The Bertz CT molecular complexity index is 532. The zero-order valence-corrected chi connectivity index (χ0v) is 9.41. The van der Waals surface area contributed by atoms with Crippen LogP contribution in [0.25, 0.3) is 0 Å². The number of nitro groups is 1. The van der Waals surface area contributed by atoms with E-state index in [0.717, 1.165) is 12.1 Å². The molecule has 0 aliphatic heterocycles. The molecule has 1 aromatic carbocycles. The molecule has 17 heavy (non-hydrogen) atoms. The van der Waals surface area contributed by atoms with Crippen LogP contribution < -0.4 is 10.5 Å². The summed E-state index contributed by atoms with van der Waals surface area (Å²) in [5.74, 6) is -1.30. The molecule has 0 aliphatic carbocycles. The van der Waals surface area contributed by atoms with E-state index in [-0.39, 0.29) is 18.0 Å². The van der Waals surface area contributed by atoms with Gasteiger partial charge >= 0.3 is 5.69 Å². The Labute approximate surface area is 96.6 Å². The standard InChI is InChI=1S/C8H10FN3O4S/c9-7-5-6(1-2-8(7)12(13)14)11-3-4-17(10,15)16/h1-2,5,11H,3-4H2,(H2,10,15,16). The van der Waals surface area contributed by atoms with Crippen LogP contribution >= 0.6 is 0 Å². The Morgan fingerprint density at radius 2 is 2.12 bits per heavy atom. The van der Waals surface area contributed by atoms with Crippen molar-refractivity contribution >= 4 is 21.4 Å². The van der Waals surface area contributed by atoms with Gasteiger partial charge in [-0.05, 0) is 6.07 Å². The number of anilines is 1. The molecule has 0 heterocycles. The van der Waals surface area contributed by atoms with Crippen molar-refractivity contribution in [2.45, 2.75) is 0 Å². The number of sulfonamides is 1. The van der Waals surface area contributed by atoms with Crippen LogP contribution in [0.1, 0.15) is 0 Å². The van der Waals surface area contributed by atoms with E-state index in [1.807, 2.05) is 0 Å². The van der Waals surface area contributed by atoms with Gasteiger partial charge in [-0.1, -0.05) is 0 Å². The molecule has 1 rings (SSSR count). The van der Waals surface area contributed by atoms with Crippen LogP contribution in [0.3, 0.4) is 0 Å². The fourth-order valence-corrected chi connectivity index (χ4v) is 1.49. The predicted molar refractivity (Wildman–Crippen MR) is 59.5 cm³/mol. The second kappa shape index (κ2) is 5.06. The third kappa shape index (κ3) is 4.33. The minimum atomic E-state index is -3.59. The number of benzene rings is 1. The van der Waals surface area contributed by atoms with Gasteiger partial charge in [0.1, 0.15) is 0 Å². The van der Waals surface area contributed by atoms with E-state index >= 15 is 0 Å². The SMILES string of the molecule is NS(=O)(=O)CCNc1ccc([N+](=O)[O-])c(F)c1. The van der Waals surface area contributed by atoms with Gasteiger partial charge < -0.3 is 5.32 Å². The average molecular weight is 263 g/mol. The van der Waals surface area contributed by atoms with Crippen molar-refractivity contribution < 1.29 is 17.7 Å². The van der Waals surface area contributed by atoms with Crippen LogP contribution in [0.2, 0.25) is 0 Å². The topological polar surface area (TPSA) is 115 Å². The predicted octanol–water partition coefficient (Wildman–Crippen LogP) is 0.434. The number of halogens is 1. The average Bonchev–Trinajstić information content (AvgIpc) is 2.15. The Kier molecular flexibility index (Phi) is 3.97. The van der Waals surface area contributed by atoms with Crippen LogP contribution in [-0.4, -0.2) is 25.6 Å². The summed E-state index contributed by atoms with van der Waals surface area (Å²) in [7, 11) is -3.59. The van der Waals surface area contributed by atoms with E-state index in [9.17, 15) is 22.9 Å². The zero-order chi connectivity index (χ0) is 13.1. The molecular weight excluding hydrogens is 253 g/mol. The van der Waals surface area contributed by atoms with Crippen molar-refractivity contribution in [3.8, 4) is 0 Å². The summed E-state index contributed by atoms with van der Waals surface area (Å²) in [6.07, 6.45) is 0. The Morgan fingerprint density at radius 1 is 1.47 bits per heavy atom. The number of rotatable bonds is 5. The summed E-state index contributed by atoms with van der Waals surface area (Å²) >= 11 is 0. The number of primary sulfonamides is 1. The highest BCUT2D eigenvalue weighted by atomic mass is 32.2. The molecule has 3 N–H and O–H groups in total. The van der Waals surface area contributed by atoms with Crippen molar-refractivity contribution in [1.82, 2.24) is 0 Å². The number of nitrogens with zero attached hydrogens (tertiary/aromatic N) is 1. The van der Waals surface area contributed by atoms with Crippen molar-refractivity contribution in [2.75, 3.05) is 17.6 Å². The van der Waals surface area contributed by atoms with Gasteiger partial charge in [-0.15, -0.1) is 0 Å². The summed E-state index contributed by atoms with van der Waals surface area (Å²) in [6, 6.07) is 3.19. The first-order valence-corrected chi connectivity index (χ1v) is 6.19. The molecule has 0 amide bonds. The number of hydrogen-bond donors (Lipinski definition) is 2. The largest absolute Gasteiger partial charge is 0.384 e. The van der Waals surface area contributed by atoms with Gasteiger partial charge in [-0.25, -0.2) is 13.6 Å². The molecule has 0 aliphatic rings. The lowest BCUT2D eigenvalue weighted by Gasteiger charge is -2.05. The third-order valence-corrected chi connectivity index (χ3v) is 2.63. The van der Waals surface area contributed by atoms with Crippen LogP contribution in [0.5, 0.6) is 0 Å². The Morgan fingerprint density at radius 3 is 2.59 bits per heavy atom. The molecule has 0 radical (unpaired) electrons. The minimum Gasteiger partial charge on any atom is -0.384 e. The fraction of sp³-hybridized carbons (Fsp3) is 0.250. The first-order valence-electron chi connectivity index (χ1n) is 4.48. The van der Waals surface area contributed by atoms with E-state index in [0.29, 0.717) is 0 Å². The smallest absolute Gasteiger partial charge is 0.304 e. The summed E-state index contributed by atoms with van der Waals surface area (Å²) in [5, 5.41) is 17.7. The number of nitrogens with one attached hydrogen (secondary N) is 1. The molecule has 0 saturated carbocycles. The number of nitro benzene ring substituents is 1. The first-order chi connectivity index (χ1) is 7.79. The Hall–Kier alpha value is -1.74. The molecule has 0 atom stereocenters. The fourth-order valence-electron chi connectivity index (χ4n) is 1.10. The van der Waals surface area contributed by atoms with Gasteiger partial charge in [-0.3, -0.25) is 10.1 Å². The van der Waals surface area contributed by atoms with E-state index in [2.05, 4.69) is 5.32 Å². The Balaban J connectivity index is 2.68. The highest BCUT2D eigenvalue weighted by Gasteiger charge is 2.13. The maximum Gasteiger partial charge on any atom is 0.304 e. The number of hydrogen-bond acceptors (Lipinski definition) is 5. The maximum atomic E-state index is 13.1. The molecule has 0 unspecified atom stereocenters. The van der Waals surface area contributed by atoms with E-state index in [1.54, 1.807) is 0 Å². The monoisotopic (exact) mass is 263 g/mol. The molecule has 1 aromatic rings. The molecule has 0 saturated heterocycles. The lowest BCUT2D eigenvalue weighted by molar-refractivity contribution is -0.387. The van der Waals surface area contributed by atoms with E-state index < -0.39 is 26.5 Å². The molecular formula is C8H10FN3O4S.